The molecule has 0 saturated carbocycles. The monoisotopic (exact) mass is 269 g/mol. The van der Waals surface area contributed by atoms with E-state index in [1.807, 2.05) is 37.3 Å². The van der Waals surface area contributed by atoms with Crippen LogP contribution in [0.25, 0.3) is 0 Å². The topological polar surface area (TPSA) is 70.2 Å². The molecule has 3 rings (SSSR count). The molecular weight excluding hydrogens is 258 g/mol. The summed E-state index contributed by atoms with van der Waals surface area (Å²) in [5.74, 6) is 5.50. The van der Waals surface area contributed by atoms with Crippen molar-refractivity contribution in [3.05, 3.63) is 51.7 Å². The molecule has 2 heterocycles. The van der Waals surface area contributed by atoms with Gasteiger partial charge in [0.2, 0.25) is 0 Å². The molecule has 1 aromatic heterocycles. The van der Waals surface area contributed by atoms with Crippen LogP contribution in [0.15, 0.2) is 30.3 Å². The van der Waals surface area contributed by atoms with Gasteiger partial charge in [0.25, 0.3) is 0 Å². The lowest BCUT2D eigenvalue weighted by Gasteiger charge is -1.98. The highest BCUT2D eigenvalue weighted by Crippen LogP contribution is 2.29. The van der Waals surface area contributed by atoms with Gasteiger partial charge in [-0.3, -0.25) is 4.57 Å². The molecule has 6 nitrogen and oxygen atoms in total. The largest absolute Gasteiger partial charge is 0.441 e. The molecule has 100 valence electrons. The molecule has 1 aliphatic rings. The van der Waals surface area contributed by atoms with Gasteiger partial charge in [-0.15, -0.1) is 0 Å². The van der Waals surface area contributed by atoms with E-state index in [1.165, 1.54) is 0 Å². The Kier molecular flexibility index (Phi) is 2.88. The van der Waals surface area contributed by atoms with Crippen molar-refractivity contribution in [1.82, 2.24) is 9.55 Å². The number of nitro groups is 1. The number of hydrogen-bond donors (Lipinski definition) is 0. The van der Waals surface area contributed by atoms with Crippen LogP contribution in [-0.4, -0.2) is 20.6 Å². The van der Waals surface area contributed by atoms with Gasteiger partial charge in [-0.2, -0.15) is 0 Å². The lowest BCUT2D eigenvalue weighted by molar-refractivity contribution is -0.389. The number of hydrogen-bond acceptors (Lipinski definition) is 4. The fourth-order valence-corrected chi connectivity index (χ4v) is 2.06. The van der Waals surface area contributed by atoms with Gasteiger partial charge < -0.3 is 14.9 Å². The van der Waals surface area contributed by atoms with Crippen LogP contribution in [0, 0.1) is 22.0 Å². The Morgan fingerprint density at radius 3 is 2.85 bits per heavy atom. The van der Waals surface area contributed by atoms with E-state index in [4.69, 9.17) is 4.74 Å². The van der Waals surface area contributed by atoms with Gasteiger partial charge in [-0.1, -0.05) is 24.1 Å². The van der Waals surface area contributed by atoms with Gasteiger partial charge in [0, 0.05) is 10.5 Å². The van der Waals surface area contributed by atoms with E-state index in [-0.39, 0.29) is 17.9 Å². The van der Waals surface area contributed by atoms with Crippen LogP contribution < -0.4 is 4.74 Å². The quantitative estimate of drug-likeness (QED) is 0.451. The molecule has 0 amide bonds. The summed E-state index contributed by atoms with van der Waals surface area (Å²) in [4.78, 5) is 14.4. The normalized spacial score (nSPS) is 15.9. The van der Waals surface area contributed by atoms with E-state index >= 15 is 0 Å². The van der Waals surface area contributed by atoms with Gasteiger partial charge in [0.1, 0.15) is 6.10 Å². The molecule has 1 atom stereocenters. The third-order valence-electron chi connectivity index (χ3n) is 2.93. The fourth-order valence-electron chi connectivity index (χ4n) is 2.06. The summed E-state index contributed by atoms with van der Waals surface area (Å²) in [7, 11) is 0. The molecule has 0 aliphatic carbocycles. The van der Waals surface area contributed by atoms with E-state index in [1.54, 1.807) is 4.57 Å². The number of fused-ring (bicyclic) bond motifs is 1. The lowest BCUT2D eigenvalue weighted by atomic mass is 10.2. The van der Waals surface area contributed by atoms with E-state index in [0.29, 0.717) is 12.2 Å². The highest BCUT2D eigenvalue weighted by molar-refractivity contribution is 5.49. The maximum absolute atomic E-state index is 11.0. The number of ether oxygens (including phenoxy) is 1. The van der Waals surface area contributed by atoms with Crippen LogP contribution >= 0.6 is 0 Å². The van der Waals surface area contributed by atoms with Crippen LogP contribution in [0.3, 0.4) is 0 Å². The summed E-state index contributed by atoms with van der Waals surface area (Å²) in [6.07, 6.45) is -0.0458. The SMILES string of the molecule is CC1Cn2c(nc([N+](=O)[O-])c2C#Cc2ccccc2)O1. The molecule has 0 fully saturated rings. The summed E-state index contributed by atoms with van der Waals surface area (Å²) in [6, 6.07) is 9.58. The van der Waals surface area contributed by atoms with E-state index < -0.39 is 4.92 Å². The summed E-state index contributed by atoms with van der Waals surface area (Å²) < 4.78 is 7.06. The molecule has 1 aliphatic heterocycles. The second kappa shape index (κ2) is 4.70. The number of nitrogens with zero attached hydrogens (tertiary/aromatic N) is 3. The predicted octanol–water partition coefficient (Wildman–Crippen LogP) is 1.97. The smallest absolute Gasteiger partial charge is 0.415 e. The minimum absolute atomic E-state index is 0.0458. The lowest BCUT2D eigenvalue weighted by Crippen LogP contribution is -2.10. The number of benzene rings is 1. The Bertz CT molecular complexity index is 725. The Morgan fingerprint density at radius 2 is 2.15 bits per heavy atom. The molecule has 20 heavy (non-hydrogen) atoms. The first-order valence-electron chi connectivity index (χ1n) is 6.14. The third kappa shape index (κ3) is 2.10. The van der Waals surface area contributed by atoms with Crippen LogP contribution in [0.1, 0.15) is 18.2 Å². The van der Waals surface area contributed by atoms with Gasteiger partial charge in [0.15, 0.2) is 5.69 Å². The highest BCUT2D eigenvalue weighted by Gasteiger charge is 2.34. The van der Waals surface area contributed by atoms with E-state index in [0.717, 1.165) is 5.56 Å². The Hall–Kier alpha value is -2.81. The minimum atomic E-state index is -0.533. The molecule has 1 unspecified atom stereocenters. The van der Waals surface area contributed by atoms with Gasteiger partial charge in [0.05, 0.1) is 6.54 Å². The van der Waals surface area contributed by atoms with Crippen LogP contribution in [0.4, 0.5) is 5.82 Å². The van der Waals surface area contributed by atoms with Crippen LogP contribution in [0.2, 0.25) is 0 Å². The molecule has 0 spiro atoms. The summed E-state index contributed by atoms with van der Waals surface area (Å²) in [5.41, 5.74) is 1.09. The maximum atomic E-state index is 11.0. The first-order chi connectivity index (χ1) is 9.65. The Labute approximate surface area is 115 Å². The Balaban J connectivity index is 2.05. The number of imidazole rings is 1. The van der Waals surface area contributed by atoms with Crippen molar-refractivity contribution in [2.75, 3.05) is 0 Å². The van der Waals surface area contributed by atoms with E-state index in [9.17, 15) is 10.1 Å². The summed E-state index contributed by atoms with van der Waals surface area (Å²) in [6.45, 7) is 2.41. The molecule has 1 aromatic carbocycles. The van der Waals surface area contributed by atoms with Crippen molar-refractivity contribution in [1.29, 1.82) is 0 Å². The zero-order valence-electron chi connectivity index (χ0n) is 10.7. The highest BCUT2D eigenvalue weighted by atomic mass is 16.6. The van der Waals surface area contributed by atoms with Gasteiger partial charge in [-0.25, -0.2) is 0 Å². The standard InChI is InChI=1S/C14H11N3O3/c1-10-9-16-12(8-7-11-5-3-2-4-6-11)13(17(18)19)15-14(16)20-10/h2-6,10H,9H2,1H3. The zero-order valence-corrected chi connectivity index (χ0v) is 10.7. The summed E-state index contributed by atoms with van der Waals surface area (Å²) in [5, 5.41) is 11.0. The maximum Gasteiger partial charge on any atom is 0.415 e. The van der Waals surface area contributed by atoms with Crippen molar-refractivity contribution in [2.24, 2.45) is 0 Å². The molecule has 6 heteroatoms. The molecule has 0 bridgehead atoms. The molecule has 0 N–H and O–H groups in total. The van der Waals surface area contributed by atoms with Crippen LogP contribution in [-0.2, 0) is 6.54 Å². The number of rotatable bonds is 1. The number of aromatic nitrogens is 2. The minimum Gasteiger partial charge on any atom is -0.441 e. The first-order valence-corrected chi connectivity index (χ1v) is 6.14. The summed E-state index contributed by atoms with van der Waals surface area (Å²) >= 11 is 0. The zero-order chi connectivity index (χ0) is 14.1. The molecular formula is C14H11N3O3. The molecule has 0 radical (unpaired) electrons. The molecule has 0 saturated heterocycles. The van der Waals surface area contributed by atoms with Crippen LogP contribution in [0.5, 0.6) is 6.01 Å². The second-order valence-corrected chi connectivity index (χ2v) is 4.48. The van der Waals surface area contributed by atoms with Gasteiger partial charge in [-0.05, 0) is 29.9 Å². The van der Waals surface area contributed by atoms with Crippen molar-refractivity contribution in [3.8, 4) is 17.9 Å². The third-order valence-corrected chi connectivity index (χ3v) is 2.93. The average molecular weight is 269 g/mol. The fraction of sp³-hybridized carbons (Fsp3) is 0.214. The average Bonchev–Trinajstić information content (AvgIpc) is 2.94. The Morgan fingerprint density at radius 1 is 1.40 bits per heavy atom. The van der Waals surface area contributed by atoms with E-state index in [2.05, 4.69) is 16.8 Å². The second-order valence-electron chi connectivity index (χ2n) is 4.48. The van der Waals surface area contributed by atoms with Crippen molar-refractivity contribution >= 4 is 5.82 Å². The molecule has 2 aromatic rings. The van der Waals surface area contributed by atoms with Crippen molar-refractivity contribution in [2.45, 2.75) is 19.6 Å². The van der Waals surface area contributed by atoms with Crippen molar-refractivity contribution < 1.29 is 9.66 Å². The predicted molar refractivity (Wildman–Crippen MR) is 71.4 cm³/mol. The van der Waals surface area contributed by atoms with Crippen molar-refractivity contribution in [3.63, 3.8) is 0 Å². The first kappa shape index (κ1) is 12.2. The van der Waals surface area contributed by atoms with Gasteiger partial charge >= 0.3 is 11.8 Å².